The Bertz CT molecular complexity index is 1260. The van der Waals surface area contributed by atoms with Gasteiger partial charge in [-0.3, -0.25) is 15.3 Å². The zero-order valence-electron chi connectivity index (χ0n) is 19.8. The van der Waals surface area contributed by atoms with Crippen molar-refractivity contribution in [2.24, 2.45) is 0 Å². The van der Waals surface area contributed by atoms with Crippen LogP contribution in [0.1, 0.15) is 18.5 Å². The number of ether oxygens (including phenoxy) is 4. The summed E-state index contributed by atoms with van der Waals surface area (Å²) in [6.07, 6.45) is 3.47. The molecule has 2 N–H and O–H groups in total. The summed E-state index contributed by atoms with van der Waals surface area (Å²) in [5.41, 5.74) is 1.29. The Morgan fingerprint density at radius 3 is 2.75 bits per heavy atom. The number of methoxy groups -OCH3 is 1. The van der Waals surface area contributed by atoms with Gasteiger partial charge in [-0.15, -0.1) is 0 Å². The Balaban J connectivity index is 1.15. The highest BCUT2D eigenvalue weighted by molar-refractivity contribution is 5.99. The van der Waals surface area contributed by atoms with Gasteiger partial charge in [0.15, 0.2) is 17.3 Å². The van der Waals surface area contributed by atoms with Crippen molar-refractivity contribution in [2.75, 3.05) is 45.3 Å². The molecule has 5 rings (SSSR count). The fraction of sp³-hybridized carbons (Fsp3) is 0.400. The second-order valence-corrected chi connectivity index (χ2v) is 8.74. The van der Waals surface area contributed by atoms with E-state index in [1.165, 1.54) is 25.4 Å². The number of benzene rings is 1. The number of aliphatic hydroxyl groups is 1. The summed E-state index contributed by atoms with van der Waals surface area (Å²) >= 11 is 0. The van der Waals surface area contributed by atoms with Crippen LogP contribution in [0.4, 0.5) is 14.9 Å². The molecule has 0 saturated carbocycles. The second kappa shape index (κ2) is 10.1. The number of pyridine rings is 2. The second-order valence-electron chi connectivity index (χ2n) is 8.74. The third kappa shape index (κ3) is 5.26. The minimum Gasteiger partial charge on any atom is -0.497 e. The van der Waals surface area contributed by atoms with Crippen LogP contribution in [-0.2, 0) is 11.2 Å². The van der Waals surface area contributed by atoms with Gasteiger partial charge >= 0.3 is 6.09 Å². The van der Waals surface area contributed by atoms with Crippen LogP contribution in [0, 0.1) is 5.82 Å². The first-order valence-electron chi connectivity index (χ1n) is 11.7. The molecule has 2 aromatic heterocycles. The van der Waals surface area contributed by atoms with Crippen LogP contribution in [0.5, 0.6) is 17.2 Å². The van der Waals surface area contributed by atoms with Gasteiger partial charge in [0.1, 0.15) is 24.5 Å². The molecule has 190 valence electrons. The van der Waals surface area contributed by atoms with Crippen LogP contribution in [0.3, 0.4) is 0 Å². The van der Waals surface area contributed by atoms with Crippen LogP contribution >= 0.6 is 0 Å². The number of carbonyl (C=O) groups excluding carboxylic acids is 1. The van der Waals surface area contributed by atoms with Gasteiger partial charge in [0.05, 0.1) is 19.0 Å². The predicted molar refractivity (Wildman–Crippen MR) is 128 cm³/mol. The van der Waals surface area contributed by atoms with Crippen LogP contribution in [0.2, 0.25) is 0 Å². The van der Waals surface area contributed by atoms with E-state index < -0.39 is 17.7 Å². The molecule has 0 bridgehead atoms. The largest absolute Gasteiger partial charge is 0.497 e. The van der Waals surface area contributed by atoms with Gasteiger partial charge < -0.3 is 29.0 Å². The Labute approximate surface area is 206 Å². The minimum atomic E-state index is -1.60. The average Bonchev–Trinajstić information content (AvgIpc) is 2.88. The summed E-state index contributed by atoms with van der Waals surface area (Å²) in [6, 6.07) is 6.22. The molecular formula is C25H27FN4O6. The SMILES string of the molecule is COc1cc(F)c2nccc(NC(=O)OC3(O)CCN(CCc4cc5c(cn4)OCCO5)CC3)c2c1. The van der Waals surface area contributed by atoms with Crippen LogP contribution < -0.4 is 19.5 Å². The van der Waals surface area contributed by atoms with Gasteiger partial charge in [0.2, 0.25) is 5.79 Å². The Hall–Kier alpha value is -3.70. The quantitative estimate of drug-likeness (QED) is 0.495. The highest BCUT2D eigenvalue weighted by Gasteiger charge is 2.36. The standard InChI is InChI=1S/C25H27FN4O6/c1-33-17-13-18-20(2-6-27-23(18)19(26)14-17)29-24(31)36-25(32)4-8-30(9-5-25)7-3-16-12-21-22(15-28-16)35-11-10-34-21/h2,6,12-15,32H,3-5,7-11H2,1H3,(H,27,29,31). The fourth-order valence-corrected chi connectivity index (χ4v) is 4.35. The van der Waals surface area contributed by atoms with Gasteiger partial charge in [-0.2, -0.15) is 0 Å². The summed E-state index contributed by atoms with van der Waals surface area (Å²) in [7, 11) is 1.42. The average molecular weight is 499 g/mol. The lowest BCUT2D eigenvalue weighted by Crippen LogP contribution is -2.48. The summed E-state index contributed by atoms with van der Waals surface area (Å²) < 4.78 is 35.9. The molecule has 0 atom stereocenters. The number of anilines is 1. The number of hydrogen-bond donors (Lipinski definition) is 2. The van der Waals surface area contributed by atoms with Gasteiger partial charge in [-0.05, 0) is 12.1 Å². The number of nitrogens with zero attached hydrogens (tertiary/aromatic N) is 3. The van der Waals surface area contributed by atoms with Gasteiger partial charge in [-0.1, -0.05) is 0 Å². The summed E-state index contributed by atoms with van der Waals surface area (Å²) in [4.78, 5) is 23.2. The molecule has 1 aromatic carbocycles. The Kier molecular flexibility index (Phi) is 6.75. The molecular weight excluding hydrogens is 471 g/mol. The number of rotatable bonds is 6. The lowest BCUT2D eigenvalue weighted by Gasteiger charge is -2.37. The van der Waals surface area contributed by atoms with E-state index in [0.717, 1.165) is 12.2 Å². The molecule has 1 amide bonds. The molecule has 36 heavy (non-hydrogen) atoms. The van der Waals surface area contributed by atoms with Crippen LogP contribution in [0.15, 0.2) is 36.7 Å². The number of nitrogens with one attached hydrogen (secondary N) is 1. The van der Waals surface area contributed by atoms with Crippen molar-refractivity contribution in [1.82, 2.24) is 14.9 Å². The van der Waals surface area contributed by atoms with E-state index in [1.807, 2.05) is 6.07 Å². The van der Waals surface area contributed by atoms with Gasteiger partial charge in [-0.25, -0.2) is 9.18 Å². The van der Waals surface area contributed by atoms with Crippen LogP contribution in [0.25, 0.3) is 10.9 Å². The predicted octanol–water partition coefficient (Wildman–Crippen LogP) is 3.12. The van der Waals surface area contributed by atoms with E-state index in [4.69, 9.17) is 18.9 Å². The number of likely N-dealkylation sites (tertiary alicyclic amines) is 1. The van der Waals surface area contributed by atoms with Crippen molar-refractivity contribution in [2.45, 2.75) is 25.0 Å². The molecule has 1 saturated heterocycles. The maximum atomic E-state index is 14.3. The first kappa shape index (κ1) is 24.0. The van der Waals surface area contributed by atoms with E-state index in [9.17, 15) is 14.3 Å². The molecule has 0 radical (unpaired) electrons. The van der Waals surface area contributed by atoms with E-state index in [-0.39, 0.29) is 18.4 Å². The normalized spacial score (nSPS) is 17.0. The number of piperidine rings is 1. The zero-order chi connectivity index (χ0) is 25.1. The number of carbonyl (C=O) groups is 1. The number of fused-ring (bicyclic) bond motifs is 2. The summed E-state index contributed by atoms with van der Waals surface area (Å²) in [5, 5.41) is 13.8. The van der Waals surface area contributed by atoms with Crippen molar-refractivity contribution in [3.8, 4) is 17.2 Å². The smallest absolute Gasteiger partial charge is 0.414 e. The Morgan fingerprint density at radius 2 is 1.97 bits per heavy atom. The van der Waals surface area contributed by atoms with Crippen molar-refractivity contribution in [3.63, 3.8) is 0 Å². The Morgan fingerprint density at radius 1 is 1.19 bits per heavy atom. The molecule has 2 aliphatic heterocycles. The number of halogens is 1. The van der Waals surface area contributed by atoms with E-state index >= 15 is 0 Å². The molecule has 0 aliphatic carbocycles. The monoisotopic (exact) mass is 498 g/mol. The molecule has 11 heteroatoms. The van der Waals surface area contributed by atoms with Gasteiger partial charge in [0.25, 0.3) is 0 Å². The highest BCUT2D eigenvalue weighted by Crippen LogP contribution is 2.31. The number of aromatic nitrogens is 2. The first-order chi connectivity index (χ1) is 17.4. The maximum Gasteiger partial charge on any atom is 0.414 e. The third-order valence-corrected chi connectivity index (χ3v) is 6.34. The molecule has 0 unspecified atom stereocenters. The molecule has 3 aromatic rings. The molecule has 2 aliphatic rings. The van der Waals surface area contributed by atoms with Crippen molar-refractivity contribution >= 4 is 22.7 Å². The lowest BCUT2D eigenvalue weighted by atomic mass is 10.0. The molecule has 0 spiro atoms. The topological polar surface area (TPSA) is 115 Å². The van der Waals surface area contributed by atoms with E-state index in [1.54, 1.807) is 12.3 Å². The fourth-order valence-electron chi connectivity index (χ4n) is 4.35. The van der Waals surface area contributed by atoms with Gasteiger partial charge in [0, 0.05) is 68.3 Å². The summed E-state index contributed by atoms with van der Waals surface area (Å²) in [5.74, 6) is -0.503. The highest BCUT2D eigenvalue weighted by atomic mass is 19.1. The third-order valence-electron chi connectivity index (χ3n) is 6.34. The van der Waals surface area contributed by atoms with E-state index in [2.05, 4.69) is 20.2 Å². The number of hydrogen-bond acceptors (Lipinski definition) is 9. The van der Waals surface area contributed by atoms with E-state index in [0.29, 0.717) is 61.0 Å². The first-order valence-corrected chi connectivity index (χ1v) is 11.7. The number of amides is 1. The minimum absolute atomic E-state index is 0.0909. The zero-order valence-corrected chi connectivity index (χ0v) is 19.8. The maximum absolute atomic E-state index is 14.3. The molecule has 1 fully saturated rings. The van der Waals surface area contributed by atoms with Crippen LogP contribution in [-0.4, -0.2) is 71.8 Å². The lowest BCUT2D eigenvalue weighted by molar-refractivity contribution is -0.185. The summed E-state index contributed by atoms with van der Waals surface area (Å²) in [6.45, 7) is 2.89. The van der Waals surface area contributed by atoms with Crippen molar-refractivity contribution in [3.05, 3.63) is 48.2 Å². The molecule has 4 heterocycles. The van der Waals surface area contributed by atoms with Crippen molar-refractivity contribution < 1.29 is 33.2 Å². The molecule has 10 nitrogen and oxygen atoms in total. The van der Waals surface area contributed by atoms with Crippen molar-refractivity contribution in [1.29, 1.82) is 0 Å².